The summed E-state index contributed by atoms with van der Waals surface area (Å²) in [6, 6.07) is 2.22. The molecule has 2 aliphatic heterocycles. The molecule has 0 bridgehead atoms. The highest BCUT2D eigenvalue weighted by molar-refractivity contribution is 7.07. The van der Waals surface area contributed by atoms with Crippen molar-refractivity contribution in [3.63, 3.8) is 0 Å². The number of piperidine rings is 1. The van der Waals surface area contributed by atoms with Crippen LogP contribution in [0.2, 0.25) is 0 Å². The molecule has 1 aromatic rings. The Morgan fingerprint density at radius 2 is 1.62 bits per heavy atom. The Morgan fingerprint density at radius 1 is 1.05 bits per heavy atom. The average molecular weight is 566 g/mol. The van der Waals surface area contributed by atoms with Crippen LogP contribution >= 0.6 is 11.3 Å². The number of hydrogen-bond acceptors (Lipinski definition) is 7. The van der Waals surface area contributed by atoms with E-state index in [1.54, 1.807) is 18.4 Å². The number of nitrogens with one attached hydrogen (secondary N) is 1. The monoisotopic (exact) mass is 565 g/mol. The van der Waals surface area contributed by atoms with Gasteiger partial charge in [0.25, 0.3) is 0 Å². The molecule has 2 saturated heterocycles. The third kappa shape index (κ3) is 12.6. The lowest BCUT2D eigenvalue weighted by Crippen LogP contribution is -2.51. The highest BCUT2D eigenvalue weighted by atomic mass is 32.1. The van der Waals surface area contributed by atoms with Gasteiger partial charge in [-0.1, -0.05) is 0 Å². The number of thiophene rings is 1. The van der Waals surface area contributed by atoms with Crippen LogP contribution in [-0.2, 0) is 25.7 Å². The van der Waals surface area contributed by atoms with E-state index in [1.165, 1.54) is 18.4 Å². The van der Waals surface area contributed by atoms with Crippen LogP contribution in [0.4, 0.5) is 26.3 Å². The van der Waals surface area contributed by atoms with Crippen LogP contribution in [0.5, 0.6) is 0 Å². The smallest absolute Gasteiger partial charge is 0.475 e. The van der Waals surface area contributed by atoms with Gasteiger partial charge in [-0.05, 0) is 41.8 Å². The fraction of sp³-hybridized carbons (Fsp3) is 0.667. The zero-order valence-electron chi connectivity index (χ0n) is 19.9. The van der Waals surface area contributed by atoms with Crippen molar-refractivity contribution in [3.8, 4) is 0 Å². The van der Waals surface area contributed by atoms with Gasteiger partial charge in [-0.2, -0.15) is 37.7 Å². The third-order valence-electron chi connectivity index (χ3n) is 5.38. The lowest BCUT2D eigenvalue weighted by molar-refractivity contribution is -0.193. The van der Waals surface area contributed by atoms with Crippen LogP contribution in [0.1, 0.15) is 18.4 Å². The summed E-state index contributed by atoms with van der Waals surface area (Å²) < 4.78 is 69.4. The number of nitrogens with zero attached hydrogens (tertiary/aromatic N) is 2. The van der Waals surface area contributed by atoms with Gasteiger partial charge in [0, 0.05) is 38.6 Å². The first kappa shape index (κ1) is 32.6. The van der Waals surface area contributed by atoms with E-state index < -0.39 is 24.3 Å². The molecule has 0 radical (unpaired) electrons. The summed E-state index contributed by atoms with van der Waals surface area (Å²) in [6.45, 7) is 7.08. The summed E-state index contributed by atoms with van der Waals surface area (Å²) in [5.41, 5.74) is 1.57. The second kappa shape index (κ2) is 14.5. The van der Waals surface area contributed by atoms with Crippen LogP contribution in [0.3, 0.4) is 0 Å². The molecule has 1 unspecified atom stereocenters. The number of carbonyl (C=O) groups is 3. The van der Waals surface area contributed by atoms with Crippen molar-refractivity contribution in [2.24, 2.45) is 5.41 Å². The molecule has 0 saturated carbocycles. The van der Waals surface area contributed by atoms with E-state index in [2.05, 4.69) is 31.9 Å². The maximum Gasteiger partial charge on any atom is 0.490 e. The summed E-state index contributed by atoms with van der Waals surface area (Å²) in [6.07, 6.45) is -7.77. The summed E-state index contributed by atoms with van der Waals surface area (Å²) in [4.78, 5) is 34.3. The summed E-state index contributed by atoms with van der Waals surface area (Å²) in [7, 11) is 1.70. The molecule has 3 N–H and O–H groups in total. The minimum atomic E-state index is -5.08. The molecular weight excluding hydrogens is 536 g/mol. The highest BCUT2D eigenvalue weighted by Gasteiger charge is 2.40. The van der Waals surface area contributed by atoms with Gasteiger partial charge in [0.05, 0.1) is 19.8 Å². The number of hydrogen-bond donors (Lipinski definition) is 3. The number of halogens is 6. The SMILES string of the molecule is CNC(=O)CN1CCOCC2(CCCN(Cc3ccsc3)C2)C1.O=C(O)C(F)(F)F.O=C(O)C(F)(F)F. The number of aliphatic carboxylic acids is 2. The number of ether oxygens (including phenoxy) is 1. The highest BCUT2D eigenvalue weighted by Crippen LogP contribution is 2.33. The fourth-order valence-corrected chi connectivity index (χ4v) is 4.49. The van der Waals surface area contributed by atoms with Gasteiger partial charge in [-0.25, -0.2) is 9.59 Å². The molecule has 3 heterocycles. The van der Waals surface area contributed by atoms with Crippen LogP contribution in [-0.4, -0.2) is 103 Å². The van der Waals surface area contributed by atoms with E-state index in [0.717, 1.165) is 45.9 Å². The zero-order chi connectivity index (χ0) is 28.3. The van der Waals surface area contributed by atoms with E-state index in [1.807, 2.05) is 0 Å². The predicted molar refractivity (Wildman–Crippen MR) is 120 cm³/mol. The molecule has 1 aromatic heterocycles. The fourth-order valence-electron chi connectivity index (χ4n) is 3.83. The van der Waals surface area contributed by atoms with E-state index in [9.17, 15) is 31.1 Å². The molecule has 1 amide bonds. The lowest BCUT2D eigenvalue weighted by atomic mass is 9.80. The molecule has 3 rings (SSSR count). The van der Waals surface area contributed by atoms with Gasteiger partial charge in [0.1, 0.15) is 0 Å². The largest absolute Gasteiger partial charge is 0.490 e. The topological polar surface area (TPSA) is 119 Å². The van der Waals surface area contributed by atoms with Crippen LogP contribution in [0.25, 0.3) is 0 Å². The first-order valence-corrected chi connectivity index (χ1v) is 11.9. The molecule has 1 spiro atoms. The molecule has 16 heteroatoms. The molecule has 212 valence electrons. The number of carboxylic acid groups (broad SMARTS) is 2. The number of carboxylic acids is 2. The maximum absolute atomic E-state index is 11.7. The summed E-state index contributed by atoms with van der Waals surface area (Å²) in [5, 5.41) is 21.4. The van der Waals surface area contributed by atoms with Crippen molar-refractivity contribution >= 4 is 29.2 Å². The van der Waals surface area contributed by atoms with Crippen molar-refractivity contribution in [3.05, 3.63) is 22.4 Å². The van der Waals surface area contributed by atoms with E-state index in [0.29, 0.717) is 6.54 Å². The molecule has 2 aliphatic rings. The summed E-state index contributed by atoms with van der Waals surface area (Å²) >= 11 is 1.76. The van der Waals surface area contributed by atoms with Crippen molar-refractivity contribution in [1.29, 1.82) is 0 Å². The Labute approximate surface area is 213 Å². The Morgan fingerprint density at radius 3 is 2.11 bits per heavy atom. The molecular formula is C21H29F6N3O6S. The van der Waals surface area contributed by atoms with Gasteiger partial charge in [0.15, 0.2) is 0 Å². The third-order valence-corrected chi connectivity index (χ3v) is 6.11. The van der Waals surface area contributed by atoms with Gasteiger partial charge in [-0.15, -0.1) is 0 Å². The first-order valence-electron chi connectivity index (χ1n) is 10.9. The Hall–Kier alpha value is -2.43. The Kier molecular flexibility index (Phi) is 12.8. The maximum atomic E-state index is 11.7. The van der Waals surface area contributed by atoms with Crippen molar-refractivity contribution < 1.29 is 55.7 Å². The van der Waals surface area contributed by atoms with Gasteiger partial charge in [0.2, 0.25) is 5.91 Å². The zero-order valence-corrected chi connectivity index (χ0v) is 20.7. The van der Waals surface area contributed by atoms with Crippen molar-refractivity contribution in [2.45, 2.75) is 31.7 Å². The van der Waals surface area contributed by atoms with E-state index in [4.69, 9.17) is 24.5 Å². The Balaban J connectivity index is 0.000000404. The minimum absolute atomic E-state index is 0.0907. The number of likely N-dealkylation sites (tertiary alicyclic amines) is 1. The number of amides is 1. The van der Waals surface area contributed by atoms with E-state index >= 15 is 0 Å². The second-order valence-corrected chi connectivity index (χ2v) is 9.27. The predicted octanol–water partition coefficient (Wildman–Crippen LogP) is 2.68. The Bertz CT molecular complexity index is 844. The van der Waals surface area contributed by atoms with Crippen LogP contribution in [0, 0.1) is 5.41 Å². The number of carbonyl (C=O) groups excluding carboxylic acids is 1. The molecule has 0 aliphatic carbocycles. The number of likely N-dealkylation sites (N-methyl/N-ethyl adjacent to an activating group) is 1. The van der Waals surface area contributed by atoms with Crippen molar-refractivity contribution in [1.82, 2.24) is 15.1 Å². The quantitative estimate of drug-likeness (QED) is 0.477. The standard InChI is InChI=1S/C17H27N3O2S.2C2HF3O2/c1-18-16(21)10-20-6-7-22-14-17(13-20)4-2-5-19(12-17)9-15-3-8-23-11-15;2*3-2(4,5)1(6)7/h3,8,11H,2,4-7,9-10,12-14H2,1H3,(H,18,21);2*(H,6,7). The van der Waals surface area contributed by atoms with Crippen LogP contribution < -0.4 is 5.32 Å². The molecule has 0 aromatic carbocycles. The average Bonchev–Trinajstić information content (AvgIpc) is 3.22. The second-order valence-electron chi connectivity index (χ2n) is 8.49. The van der Waals surface area contributed by atoms with Gasteiger partial charge < -0.3 is 20.3 Å². The number of alkyl halides is 6. The number of rotatable bonds is 4. The van der Waals surface area contributed by atoms with E-state index in [-0.39, 0.29) is 11.3 Å². The lowest BCUT2D eigenvalue weighted by Gasteiger charge is -2.43. The first-order chi connectivity index (χ1) is 17.1. The summed E-state index contributed by atoms with van der Waals surface area (Å²) in [5.74, 6) is -5.42. The molecule has 9 nitrogen and oxygen atoms in total. The normalized spacial score (nSPS) is 21.1. The van der Waals surface area contributed by atoms with Crippen molar-refractivity contribution in [2.75, 3.05) is 53.0 Å². The molecule has 2 fully saturated rings. The van der Waals surface area contributed by atoms with Crippen LogP contribution in [0.15, 0.2) is 16.8 Å². The minimum Gasteiger partial charge on any atom is -0.475 e. The molecule has 37 heavy (non-hydrogen) atoms. The van der Waals surface area contributed by atoms with Gasteiger partial charge >= 0.3 is 24.3 Å². The molecule has 1 atom stereocenters. The van der Waals surface area contributed by atoms with Gasteiger partial charge in [-0.3, -0.25) is 14.6 Å².